The third-order valence-electron chi connectivity index (χ3n) is 7.03. The smallest absolute Gasteiger partial charge is 0.382 e. The summed E-state index contributed by atoms with van der Waals surface area (Å²) in [6, 6.07) is 11.0. The Morgan fingerprint density at radius 3 is 1.96 bits per heavy atom. The molecule has 5 atom stereocenters. The van der Waals surface area contributed by atoms with E-state index in [4.69, 9.17) is 5.73 Å². The molecule has 2 aromatic carbocycles. The van der Waals surface area contributed by atoms with Crippen LogP contribution in [0.4, 0.5) is 13.2 Å². The number of aliphatic hydroxyl groups excluding tert-OH is 1. The van der Waals surface area contributed by atoms with E-state index in [-0.39, 0.29) is 12.8 Å². The van der Waals surface area contributed by atoms with E-state index in [1.807, 2.05) is 35.6 Å². The van der Waals surface area contributed by atoms with Gasteiger partial charge in [-0.25, -0.2) is 0 Å². The lowest BCUT2D eigenvalue weighted by Crippen LogP contribution is -2.58. The summed E-state index contributed by atoms with van der Waals surface area (Å²) in [5, 5.41) is 19.3. The van der Waals surface area contributed by atoms with Gasteiger partial charge in [-0.15, -0.1) is 0 Å². The van der Waals surface area contributed by atoms with Crippen molar-refractivity contribution in [3.63, 3.8) is 0 Å². The molecule has 0 aliphatic heterocycles. The molecule has 5 amide bonds. The molecule has 7 N–H and O–H groups in total. The monoisotopic (exact) mass is 667 g/mol. The van der Waals surface area contributed by atoms with E-state index in [0.717, 1.165) is 11.1 Å². The Morgan fingerprint density at radius 2 is 1.41 bits per heavy atom. The fraction of sp³-hybridized carbons (Fsp3) is 0.452. The Hall–Kier alpha value is -4.11. The molecule has 0 fully saturated rings. The first-order valence-corrected chi connectivity index (χ1v) is 16.0. The number of carbonyl (C=O) groups is 5. The fourth-order valence-electron chi connectivity index (χ4n) is 4.34. The molecule has 0 spiro atoms. The van der Waals surface area contributed by atoms with Gasteiger partial charge in [-0.1, -0.05) is 49.4 Å². The van der Waals surface area contributed by atoms with Crippen LogP contribution >= 0.6 is 11.8 Å². The molecule has 2 rings (SSSR count). The summed E-state index contributed by atoms with van der Waals surface area (Å²) in [5.74, 6) is -3.47. The molecular formula is C31H40F3N5O6S. The standard InChI is InChI=1S/C31H40F3N5O6S/c1-4-22(37-28(43)21-12-10-20(11-13-21)19-8-6-5-7-9-19)29(44)39-24(16-17-46-3)30(45)36-18(2)27(42)38-23(14-15-25(35)40)26(41)31(32,33)34/h5-13,18,22-24,26,41H,4,14-17H2,1-3H3,(H2,35,40)(H,36,45)(H,37,43)(H,38,42)(H,39,44). The zero-order valence-electron chi connectivity index (χ0n) is 25.7. The number of aliphatic hydroxyl groups is 1. The lowest BCUT2D eigenvalue weighted by molar-refractivity contribution is -0.212. The summed E-state index contributed by atoms with van der Waals surface area (Å²) in [6.45, 7) is 2.89. The highest BCUT2D eigenvalue weighted by atomic mass is 32.2. The second-order valence-corrected chi connectivity index (χ2v) is 11.5. The molecule has 5 unspecified atom stereocenters. The number of nitrogens with one attached hydrogen (secondary N) is 4. The van der Waals surface area contributed by atoms with Crippen molar-refractivity contribution in [1.29, 1.82) is 0 Å². The van der Waals surface area contributed by atoms with Crippen LogP contribution in [0.25, 0.3) is 11.1 Å². The van der Waals surface area contributed by atoms with Gasteiger partial charge in [-0.3, -0.25) is 24.0 Å². The average Bonchev–Trinajstić information content (AvgIpc) is 3.02. The van der Waals surface area contributed by atoms with Crippen LogP contribution in [0.3, 0.4) is 0 Å². The molecule has 11 nitrogen and oxygen atoms in total. The number of amides is 5. The van der Waals surface area contributed by atoms with Crippen LogP contribution in [-0.2, 0) is 19.2 Å². The molecule has 252 valence electrons. The second kappa shape index (κ2) is 18.1. The minimum absolute atomic E-state index is 0.145. The molecule has 0 bridgehead atoms. The largest absolute Gasteiger partial charge is 0.416 e. The van der Waals surface area contributed by atoms with Gasteiger partial charge in [0.1, 0.15) is 18.1 Å². The van der Waals surface area contributed by atoms with Crippen LogP contribution in [0, 0.1) is 0 Å². The zero-order chi connectivity index (χ0) is 34.4. The zero-order valence-corrected chi connectivity index (χ0v) is 26.5. The van der Waals surface area contributed by atoms with E-state index in [2.05, 4.69) is 16.0 Å². The van der Waals surface area contributed by atoms with Gasteiger partial charge in [0, 0.05) is 12.0 Å². The van der Waals surface area contributed by atoms with Crippen LogP contribution in [0.5, 0.6) is 0 Å². The molecule has 15 heteroatoms. The summed E-state index contributed by atoms with van der Waals surface area (Å²) < 4.78 is 39.4. The maximum atomic E-state index is 13.2. The first-order valence-electron chi connectivity index (χ1n) is 14.6. The van der Waals surface area contributed by atoms with E-state index in [1.54, 1.807) is 37.4 Å². The molecule has 46 heavy (non-hydrogen) atoms. The number of thioether (sulfide) groups is 1. The number of primary amides is 1. The van der Waals surface area contributed by atoms with Crippen LogP contribution in [-0.4, -0.2) is 83.1 Å². The molecule has 0 aliphatic rings. The van der Waals surface area contributed by atoms with E-state index in [9.17, 15) is 42.3 Å². The lowest BCUT2D eigenvalue weighted by atomic mass is 10.0. The van der Waals surface area contributed by atoms with Crippen LogP contribution < -0.4 is 27.0 Å². The van der Waals surface area contributed by atoms with Crippen molar-refractivity contribution in [2.75, 3.05) is 12.0 Å². The fourth-order valence-corrected chi connectivity index (χ4v) is 4.81. The number of hydrogen-bond acceptors (Lipinski definition) is 7. The van der Waals surface area contributed by atoms with E-state index >= 15 is 0 Å². The Bertz CT molecular complexity index is 1330. The van der Waals surface area contributed by atoms with Gasteiger partial charge in [0.25, 0.3) is 5.91 Å². The number of carbonyl (C=O) groups excluding carboxylic acids is 5. The van der Waals surface area contributed by atoms with Crippen molar-refractivity contribution in [3.05, 3.63) is 60.2 Å². The highest BCUT2D eigenvalue weighted by molar-refractivity contribution is 7.98. The van der Waals surface area contributed by atoms with Crippen LogP contribution in [0.15, 0.2) is 54.6 Å². The Labute approximate surface area is 269 Å². The molecule has 0 heterocycles. The number of alkyl halides is 3. The minimum Gasteiger partial charge on any atom is -0.382 e. The number of nitrogens with two attached hydrogens (primary N) is 1. The summed E-state index contributed by atoms with van der Waals surface area (Å²) >= 11 is 1.39. The maximum absolute atomic E-state index is 13.2. The molecule has 0 saturated heterocycles. The Balaban J connectivity index is 2.06. The van der Waals surface area contributed by atoms with Crippen molar-refractivity contribution in [1.82, 2.24) is 21.3 Å². The average molecular weight is 668 g/mol. The van der Waals surface area contributed by atoms with Crippen molar-refractivity contribution in [3.8, 4) is 11.1 Å². The third kappa shape index (κ3) is 12.0. The molecular weight excluding hydrogens is 627 g/mol. The number of halogens is 3. The summed E-state index contributed by atoms with van der Waals surface area (Å²) in [5.41, 5.74) is 7.21. The third-order valence-corrected chi connectivity index (χ3v) is 7.67. The molecule has 0 aliphatic carbocycles. The summed E-state index contributed by atoms with van der Waals surface area (Å²) in [6.07, 6.45) is -7.06. The SMILES string of the molecule is CCC(NC(=O)c1ccc(-c2ccccc2)cc1)C(=O)NC(CCSC)C(=O)NC(C)C(=O)NC(CCC(N)=O)C(O)C(F)(F)F. The van der Waals surface area contributed by atoms with E-state index < -0.39 is 78.8 Å². The van der Waals surface area contributed by atoms with Crippen molar-refractivity contribution in [2.24, 2.45) is 5.73 Å². The highest BCUT2D eigenvalue weighted by Crippen LogP contribution is 2.24. The number of rotatable bonds is 17. The van der Waals surface area contributed by atoms with Gasteiger partial charge in [-0.2, -0.15) is 24.9 Å². The van der Waals surface area contributed by atoms with E-state index in [1.165, 1.54) is 18.7 Å². The Morgan fingerprint density at radius 1 is 0.826 bits per heavy atom. The van der Waals surface area contributed by atoms with Crippen LogP contribution in [0.1, 0.15) is 49.9 Å². The first kappa shape index (κ1) is 38.1. The van der Waals surface area contributed by atoms with Crippen molar-refractivity contribution >= 4 is 41.3 Å². The van der Waals surface area contributed by atoms with Crippen molar-refractivity contribution in [2.45, 2.75) is 76.0 Å². The molecule has 0 aromatic heterocycles. The minimum atomic E-state index is -5.09. The number of hydrogen-bond donors (Lipinski definition) is 6. The van der Waals surface area contributed by atoms with Crippen molar-refractivity contribution < 1.29 is 42.3 Å². The number of benzene rings is 2. The van der Waals surface area contributed by atoms with Gasteiger partial charge in [0.15, 0.2) is 6.10 Å². The lowest BCUT2D eigenvalue weighted by Gasteiger charge is -2.28. The van der Waals surface area contributed by atoms with Crippen LogP contribution in [0.2, 0.25) is 0 Å². The summed E-state index contributed by atoms with van der Waals surface area (Å²) in [7, 11) is 0. The van der Waals surface area contributed by atoms with Gasteiger partial charge in [0.05, 0.1) is 6.04 Å². The van der Waals surface area contributed by atoms with Gasteiger partial charge in [-0.05, 0) is 61.5 Å². The predicted octanol–water partition coefficient (Wildman–Crippen LogP) is 2.28. The molecule has 0 saturated carbocycles. The normalized spacial score (nSPS) is 14.6. The first-order chi connectivity index (χ1) is 21.7. The molecule has 0 radical (unpaired) electrons. The topological polar surface area (TPSA) is 180 Å². The summed E-state index contributed by atoms with van der Waals surface area (Å²) in [4.78, 5) is 62.9. The van der Waals surface area contributed by atoms with Gasteiger partial charge >= 0.3 is 6.18 Å². The Kier molecular flexibility index (Phi) is 15.0. The van der Waals surface area contributed by atoms with Gasteiger partial charge < -0.3 is 32.1 Å². The highest BCUT2D eigenvalue weighted by Gasteiger charge is 2.44. The van der Waals surface area contributed by atoms with Gasteiger partial charge in [0.2, 0.25) is 23.6 Å². The maximum Gasteiger partial charge on any atom is 0.416 e. The second-order valence-electron chi connectivity index (χ2n) is 10.6. The quantitative estimate of drug-likeness (QED) is 0.150. The van der Waals surface area contributed by atoms with E-state index in [0.29, 0.717) is 11.3 Å². The molecule has 2 aromatic rings. The predicted molar refractivity (Wildman–Crippen MR) is 168 cm³/mol.